The van der Waals surface area contributed by atoms with E-state index in [-0.39, 0.29) is 24.0 Å². The monoisotopic (exact) mass is 984 g/mol. The van der Waals surface area contributed by atoms with Gasteiger partial charge in [-0.3, -0.25) is 4.79 Å². The van der Waals surface area contributed by atoms with Crippen LogP contribution in [0.3, 0.4) is 0 Å². The molecule has 0 aliphatic carbocycles. The van der Waals surface area contributed by atoms with Gasteiger partial charge < -0.3 is 45.4 Å². The normalized spacial score (nSPS) is 19.3. The molecule has 4 aliphatic heterocycles. The minimum absolute atomic E-state index is 0.00565. The lowest BCUT2D eigenvalue weighted by Crippen LogP contribution is -2.51. The van der Waals surface area contributed by atoms with E-state index in [1.807, 2.05) is 26.8 Å². The summed E-state index contributed by atoms with van der Waals surface area (Å²) in [7, 11) is 0. The number of anilines is 3. The lowest BCUT2D eigenvalue weighted by Gasteiger charge is -2.29. The number of nitrogens with zero attached hydrogens (tertiary/aromatic N) is 13. The molecule has 0 aromatic carbocycles. The van der Waals surface area contributed by atoms with Gasteiger partial charge in [0.1, 0.15) is 27.7 Å². The number of nitrogens with two attached hydrogens (primary N) is 1. The first-order chi connectivity index (χ1) is 32.7. The maximum Gasteiger partial charge on any atom is 0.407 e. The molecule has 20 nitrogen and oxygen atoms in total. The molecule has 4 aromatic rings. The third-order valence-corrected chi connectivity index (χ3v) is 11.1. The predicted octanol–water partition coefficient (Wildman–Crippen LogP) is 4.09. The van der Waals surface area contributed by atoms with Gasteiger partial charge >= 0.3 is 6.09 Å². The Bertz CT molecular complexity index is 2560. The smallest absolute Gasteiger partial charge is 0.407 e. The molecule has 8 rings (SSSR count). The number of nitriles is 5. The number of carbonyl (C=O) groups excluding carboxylic acids is 2. The number of halogens is 1. The lowest BCUT2D eigenvalue weighted by molar-refractivity contribution is -0.137. The van der Waals surface area contributed by atoms with Crippen molar-refractivity contribution in [3.05, 3.63) is 100 Å². The molecule has 8 heterocycles. The molecule has 4 atom stereocenters. The first-order valence-corrected chi connectivity index (χ1v) is 22.6. The molecule has 2 amide bonds. The van der Waals surface area contributed by atoms with Gasteiger partial charge in [-0.25, -0.2) is 24.7 Å². The number of amides is 2. The highest BCUT2D eigenvalue weighted by Gasteiger charge is 2.31. The molecule has 21 heteroatoms. The van der Waals surface area contributed by atoms with Crippen molar-refractivity contribution < 1.29 is 19.1 Å². The van der Waals surface area contributed by atoms with Crippen LogP contribution in [0.5, 0.6) is 0 Å². The van der Waals surface area contributed by atoms with Gasteiger partial charge in [0.05, 0.1) is 72.3 Å². The summed E-state index contributed by atoms with van der Waals surface area (Å²) in [6.45, 7) is 11.4. The van der Waals surface area contributed by atoms with Crippen LogP contribution in [-0.4, -0.2) is 126 Å². The van der Waals surface area contributed by atoms with Gasteiger partial charge in [-0.15, -0.1) is 0 Å². The van der Waals surface area contributed by atoms with E-state index in [4.69, 9.17) is 41.5 Å². The largest absolute Gasteiger partial charge is 0.444 e. The van der Waals surface area contributed by atoms with E-state index in [9.17, 15) is 9.59 Å². The van der Waals surface area contributed by atoms with Crippen LogP contribution >= 0.6 is 15.9 Å². The molecule has 4 aromatic heterocycles. The van der Waals surface area contributed by atoms with Crippen molar-refractivity contribution in [1.29, 1.82) is 26.3 Å². The van der Waals surface area contributed by atoms with E-state index in [1.165, 1.54) is 4.90 Å². The Hall–Kier alpha value is -7.61. The number of aromatic nitrogens is 4. The van der Waals surface area contributed by atoms with Crippen molar-refractivity contribution in [1.82, 2.24) is 35.5 Å². The van der Waals surface area contributed by atoms with E-state index >= 15 is 0 Å². The summed E-state index contributed by atoms with van der Waals surface area (Å²) >= 11 is 3.14. The highest BCUT2D eigenvalue weighted by atomic mass is 79.9. The molecular weight excluding hydrogens is 933 g/mol. The average Bonchev–Trinajstić information content (AvgIpc) is 4.14. The zero-order valence-corrected chi connectivity index (χ0v) is 39.7. The summed E-state index contributed by atoms with van der Waals surface area (Å²) in [6.07, 6.45) is 10.2. The van der Waals surface area contributed by atoms with Crippen LogP contribution in [0.4, 0.5) is 22.2 Å². The number of hydrogen-bond donors (Lipinski definition) is 3. The third-order valence-electron chi connectivity index (χ3n) is 10.6. The Morgan fingerprint density at radius 1 is 0.676 bits per heavy atom. The van der Waals surface area contributed by atoms with Crippen molar-refractivity contribution in [3.63, 3.8) is 0 Å². The minimum Gasteiger partial charge on any atom is -0.444 e. The highest BCUT2D eigenvalue weighted by molar-refractivity contribution is 9.10. The van der Waals surface area contributed by atoms with Crippen molar-refractivity contribution in [3.8, 4) is 30.5 Å². The van der Waals surface area contributed by atoms with Crippen LogP contribution in [0.1, 0.15) is 62.3 Å². The fraction of sp³-hybridized carbons (Fsp3) is 0.426. The maximum absolute atomic E-state index is 12.3. The molecule has 4 fully saturated rings. The van der Waals surface area contributed by atoms with Crippen LogP contribution in [0.15, 0.2) is 77.9 Å². The fourth-order valence-corrected chi connectivity index (χ4v) is 7.65. The maximum atomic E-state index is 12.3. The van der Waals surface area contributed by atoms with Crippen LogP contribution in [-0.2, 0) is 14.3 Å². The van der Waals surface area contributed by atoms with Gasteiger partial charge in [-0.05, 0) is 104 Å². The van der Waals surface area contributed by atoms with Crippen molar-refractivity contribution >= 4 is 45.4 Å². The molecule has 4 aliphatic rings. The Morgan fingerprint density at radius 2 is 1.13 bits per heavy atom. The van der Waals surface area contributed by atoms with E-state index < -0.39 is 17.8 Å². The Morgan fingerprint density at radius 3 is 1.56 bits per heavy atom. The van der Waals surface area contributed by atoms with Crippen LogP contribution in [0.25, 0.3) is 0 Å². The molecule has 0 saturated carbocycles. The SMILES string of the molecule is CC(C)(C)OC(=O)NC1CCN(c2cc(C#N)ccn2)C1.N#Cc1ccnc(Br)c1.N#Cc1ccnc(N2CCC(N)C2)c1.N#Cc1ccnc(N2CCC(NC(=O)[C@H]3CN(C#N)CCO3)C2)c1. The number of ether oxygens (including phenoxy) is 2. The second kappa shape index (κ2) is 25.3. The predicted molar refractivity (Wildman–Crippen MR) is 254 cm³/mol. The Balaban J connectivity index is 0.000000179. The number of hydrogen-bond acceptors (Lipinski definition) is 18. The van der Waals surface area contributed by atoms with Gasteiger partial charge in [-0.2, -0.15) is 26.3 Å². The minimum atomic E-state index is -0.604. The Kier molecular flexibility index (Phi) is 19.1. The molecule has 0 radical (unpaired) electrons. The van der Waals surface area contributed by atoms with Crippen molar-refractivity contribution in [2.75, 3.05) is 73.7 Å². The summed E-state index contributed by atoms with van der Waals surface area (Å²) in [6, 6.07) is 22.3. The number of morpholine rings is 1. The van der Waals surface area contributed by atoms with Crippen molar-refractivity contribution in [2.24, 2.45) is 5.73 Å². The number of carbonyl (C=O) groups is 2. The number of pyridine rings is 4. The molecule has 0 bridgehead atoms. The lowest BCUT2D eigenvalue weighted by atomic mass is 10.2. The summed E-state index contributed by atoms with van der Waals surface area (Å²) in [5.74, 6) is 2.19. The zero-order valence-electron chi connectivity index (χ0n) is 38.1. The number of rotatable bonds is 6. The first kappa shape index (κ1) is 51.4. The summed E-state index contributed by atoms with van der Waals surface area (Å²) in [4.78, 5) is 48.5. The van der Waals surface area contributed by atoms with Crippen LogP contribution < -0.4 is 31.1 Å². The molecular formula is C47H53BrN16O4. The van der Waals surface area contributed by atoms with Gasteiger partial charge in [0, 0.05) is 76.1 Å². The molecule has 4 N–H and O–H groups in total. The Labute approximate surface area is 404 Å². The van der Waals surface area contributed by atoms with E-state index in [2.05, 4.69) is 85.6 Å². The average molecular weight is 986 g/mol. The molecule has 4 saturated heterocycles. The number of alkyl carbamates (subject to hydrolysis) is 1. The highest BCUT2D eigenvalue weighted by Crippen LogP contribution is 2.22. The fourth-order valence-electron chi connectivity index (χ4n) is 7.29. The van der Waals surface area contributed by atoms with E-state index in [0.29, 0.717) is 59.6 Å². The molecule has 3 unspecified atom stereocenters. The van der Waals surface area contributed by atoms with Crippen molar-refractivity contribution in [2.45, 2.75) is 69.9 Å². The summed E-state index contributed by atoms with van der Waals surface area (Å²) in [5.41, 5.74) is 7.73. The topological polar surface area (TPSA) is 286 Å². The molecule has 0 spiro atoms. The van der Waals surface area contributed by atoms with Crippen LogP contribution in [0.2, 0.25) is 0 Å². The second-order valence-corrected chi connectivity index (χ2v) is 17.8. The summed E-state index contributed by atoms with van der Waals surface area (Å²) in [5, 5.41) is 49.8. The van der Waals surface area contributed by atoms with Gasteiger partial charge in [0.25, 0.3) is 5.91 Å². The van der Waals surface area contributed by atoms with Gasteiger partial charge in [-0.1, -0.05) is 0 Å². The third kappa shape index (κ3) is 16.4. The van der Waals surface area contributed by atoms with E-state index in [1.54, 1.807) is 73.3 Å². The quantitative estimate of drug-likeness (QED) is 0.181. The second-order valence-electron chi connectivity index (χ2n) is 16.9. The van der Waals surface area contributed by atoms with E-state index in [0.717, 1.165) is 62.9 Å². The standard InChI is InChI=1S/C16H18N6O2.C15H20N4O2.C10H12N4.C6H3BrN2/c17-8-12-1-3-19-15(7-12)22-4-2-13(9-22)20-16(23)14-10-21(11-18)5-6-24-14;1-15(2,3)21-14(20)18-12-5-7-19(10-12)13-8-11(9-16)4-6-17-13;11-6-8-1-3-13-10(5-8)14-4-2-9(12)7-14;7-6-3-5(4-8)1-2-9-6/h1,3,7,13-14H,2,4-6,9-10H2,(H,20,23);4,6,8,12H,5,7,10H2,1-3H3,(H,18,20);1,3,5,9H,2,4,7,12H2;1-3H/t13?,14-;;;/m1.../s1. The molecule has 352 valence electrons. The number of nitrogens with one attached hydrogen (secondary N) is 2. The first-order valence-electron chi connectivity index (χ1n) is 21.9. The zero-order chi connectivity index (χ0) is 49.1. The summed E-state index contributed by atoms with van der Waals surface area (Å²) < 4.78 is 11.4. The molecule has 68 heavy (non-hydrogen) atoms. The van der Waals surface area contributed by atoms with Gasteiger partial charge in [0.15, 0.2) is 12.3 Å². The van der Waals surface area contributed by atoms with Crippen LogP contribution in [0, 0.1) is 56.8 Å². The van der Waals surface area contributed by atoms with Gasteiger partial charge in [0.2, 0.25) is 0 Å².